The highest BCUT2D eigenvalue weighted by Gasteiger charge is 2.05. The maximum absolute atomic E-state index is 11.8. The highest BCUT2D eigenvalue weighted by atomic mass is 35.5. The van der Waals surface area contributed by atoms with Crippen molar-refractivity contribution in [2.24, 2.45) is 5.10 Å². The number of amides is 1. The second kappa shape index (κ2) is 10.7. The monoisotopic (exact) mass is 439 g/mol. The molecule has 8 nitrogen and oxygen atoms in total. The summed E-state index contributed by atoms with van der Waals surface area (Å²) in [4.78, 5) is 22.0. The number of nitro benzene ring substituents is 1. The van der Waals surface area contributed by atoms with Gasteiger partial charge >= 0.3 is 0 Å². The second-order valence-corrected chi connectivity index (χ2v) is 6.70. The number of non-ortho nitro benzene ring substituents is 1. The minimum Gasteiger partial charge on any atom is -0.489 e. The Morgan fingerprint density at radius 1 is 1.03 bits per heavy atom. The summed E-state index contributed by atoms with van der Waals surface area (Å²) >= 11 is 5.96. The Morgan fingerprint density at radius 2 is 1.74 bits per heavy atom. The molecule has 0 radical (unpaired) electrons. The van der Waals surface area contributed by atoms with Crippen molar-refractivity contribution in [2.45, 2.75) is 6.61 Å². The summed E-state index contributed by atoms with van der Waals surface area (Å²) in [5.41, 5.74) is 3.99. The third kappa shape index (κ3) is 6.83. The lowest BCUT2D eigenvalue weighted by Crippen LogP contribution is -2.24. The molecule has 0 atom stereocenters. The molecule has 0 spiro atoms. The van der Waals surface area contributed by atoms with E-state index in [4.69, 9.17) is 21.1 Å². The molecule has 0 unspecified atom stereocenters. The number of carbonyl (C=O) groups excluding carboxylic acids is 1. The number of nitrogens with one attached hydrogen (secondary N) is 1. The third-order valence-corrected chi connectivity index (χ3v) is 4.34. The van der Waals surface area contributed by atoms with Gasteiger partial charge in [0.1, 0.15) is 18.1 Å². The summed E-state index contributed by atoms with van der Waals surface area (Å²) < 4.78 is 11.0. The van der Waals surface area contributed by atoms with E-state index in [1.54, 1.807) is 60.7 Å². The fourth-order valence-corrected chi connectivity index (χ4v) is 2.64. The number of nitrogens with zero attached hydrogens (tertiary/aromatic N) is 2. The summed E-state index contributed by atoms with van der Waals surface area (Å²) in [6.45, 7) is 0.0728. The Balaban J connectivity index is 1.43. The first-order chi connectivity index (χ1) is 15.0. The molecule has 0 aliphatic carbocycles. The number of hydrazone groups is 1. The zero-order chi connectivity index (χ0) is 22.1. The Kier molecular flexibility index (Phi) is 7.56. The zero-order valence-electron chi connectivity index (χ0n) is 16.2. The van der Waals surface area contributed by atoms with E-state index in [0.29, 0.717) is 16.5 Å². The van der Waals surface area contributed by atoms with Gasteiger partial charge in [0.05, 0.1) is 16.2 Å². The van der Waals surface area contributed by atoms with E-state index < -0.39 is 10.8 Å². The number of ether oxygens (including phenoxy) is 2. The van der Waals surface area contributed by atoms with Crippen LogP contribution in [-0.2, 0) is 11.4 Å². The van der Waals surface area contributed by atoms with Gasteiger partial charge in [-0.25, -0.2) is 5.43 Å². The molecular formula is C22H18ClN3O5. The van der Waals surface area contributed by atoms with Gasteiger partial charge in [0, 0.05) is 12.1 Å². The maximum Gasteiger partial charge on any atom is 0.277 e. The largest absolute Gasteiger partial charge is 0.489 e. The number of nitro groups is 1. The number of para-hydroxylation sites is 1. The molecule has 0 saturated heterocycles. The highest BCUT2D eigenvalue weighted by Crippen LogP contribution is 2.22. The quantitative estimate of drug-likeness (QED) is 0.303. The first-order valence-corrected chi connectivity index (χ1v) is 9.54. The molecule has 0 saturated carbocycles. The smallest absolute Gasteiger partial charge is 0.277 e. The van der Waals surface area contributed by atoms with Gasteiger partial charge in [-0.05, 0) is 59.7 Å². The predicted molar refractivity (Wildman–Crippen MR) is 117 cm³/mol. The molecular weight excluding hydrogens is 422 g/mol. The summed E-state index contributed by atoms with van der Waals surface area (Å²) in [7, 11) is 0. The second-order valence-electron chi connectivity index (χ2n) is 6.29. The van der Waals surface area contributed by atoms with Crippen LogP contribution in [-0.4, -0.2) is 23.7 Å². The third-order valence-electron chi connectivity index (χ3n) is 4.03. The molecule has 0 bridgehead atoms. The van der Waals surface area contributed by atoms with Crippen molar-refractivity contribution in [2.75, 3.05) is 6.61 Å². The number of rotatable bonds is 9. The number of halogens is 1. The predicted octanol–water partition coefficient (Wildman–Crippen LogP) is 4.36. The van der Waals surface area contributed by atoms with E-state index in [1.807, 2.05) is 0 Å². The van der Waals surface area contributed by atoms with E-state index in [2.05, 4.69) is 10.5 Å². The Hall–Kier alpha value is -3.91. The molecule has 0 aromatic heterocycles. The SMILES string of the molecule is O=C(COc1ccccc1Cl)N/N=C\c1ccc(OCc2ccc([N+](=O)[O-])cc2)cc1. The van der Waals surface area contributed by atoms with Crippen LogP contribution in [0.2, 0.25) is 5.02 Å². The van der Waals surface area contributed by atoms with Gasteiger partial charge in [0.15, 0.2) is 6.61 Å². The Bertz CT molecular complexity index is 1070. The lowest BCUT2D eigenvalue weighted by atomic mass is 10.2. The number of benzene rings is 3. The van der Waals surface area contributed by atoms with Crippen LogP contribution in [0, 0.1) is 10.1 Å². The van der Waals surface area contributed by atoms with Gasteiger partial charge in [-0.3, -0.25) is 14.9 Å². The van der Waals surface area contributed by atoms with Crippen LogP contribution in [0.15, 0.2) is 77.9 Å². The van der Waals surface area contributed by atoms with Crippen LogP contribution in [0.25, 0.3) is 0 Å². The van der Waals surface area contributed by atoms with Crippen LogP contribution < -0.4 is 14.9 Å². The Morgan fingerprint density at radius 3 is 2.42 bits per heavy atom. The van der Waals surface area contributed by atoms with Gasteiger partial charge in [0.25, 0.3) is 11.6 Å². The van der Waals surface area contributed by atoms with E-state index in [-0.39, 0.29) is 18.9 Å². The molecule has 3 aromatic rings. The molecule has 1 N–H and O–H groups in total. The average Bonchev–Trinajstić information content (AvgIpc) is 2.78. The molecule has 158 valence electrons. The van der Waals surface area contributed by atoms with E-state index >= 15 is 0 Å². The van der Waals surface area contributed by atoms with Gasteiger partial charge in [0.2, 0.25) is 0 Å². The molecule has 9 heteroatoms. The summed E-state index contributed by atoms with van der Waals surface area (Å²) in [6, 6.07) is 20.1. The first-order valence-electron chi connectivity index (χ1n) is 9.17. The maximum atomic E-state index is 11.8. The van der Waals surface area contributed by atoms with Crippen LogP contribution in [0.1, 0.15) is 11.1 Å². The van der Waals surface area contributed by atoms with Crippen molar-refractivity contribution in [3.05, 3.63) is 99.1 Å². The van der Waals surface area contributed by atoms with Crippen molar-refractivity contribution < 1.29 is 19.2 Å². The van der Waals surface area contributed by atoms with Crippen molar-refractivity contribution in [1.82, 2.24) is 5.43 Å². The number of hydrogen-bond donors (Lipinski definition) is 1. The van der Waals surface area contributed by atoms with E-state index in [1.165, 1.54) is 18.3 Å². The normalized spacial score (nSPS) is 10.6. The average molecular weight is 440 g/mol. The van der Waals surface area contributed by atoms with Crippen molar-refractivity contribution >= 4 is 29.4 Å². The topological polar surface area (TPSA) is 103 Å². The zero-order valence-corrected chi connectivity index (χ0v) is 17.0. The van der Waals surface area contributed by atoms with Crippen LogP contribution >= 0.6 is 11.6 Å². The molecule has 1 amide bonds. The van der Waals surface area contributed by atoms with Crippen molar-refractivity contribution in [3.8, 4) is 11.5 Å². The van der Waals surface area contributed by atoms with Gasteiger partial charge < -0.3 is 9.47 Å². The minimum absolute atomic E-state index is 0.0370. The fourth-order valence-electron chi connectivity index (χ4n) is 2.45. The molecule has 0 aliphatic heterocycles. The molecule has 3 rings (SSSR count). The van der Waals surface area contributed by atoms with Crippen LogP contribution in [0.4, 0.5) is 5.69 Å². The number of hydrogen-bond acceptors (Lipinski definition) is 6. The summed E-state index contributed by atoms with van der Waals surface area (Å²) in [5.74, 6) is 0.638. The lowest BCUT2D eigenvalue weighted by Gasteiger charge is -2.07. The summed E-state index contributed by atoms with van der Waals surface area (Å²) in [6.07, 6.45) is 1.49. The van der Waals surface area contributed by atoms with E-state index in [9.17, 15) is 14.9 Å². The van der Waals surface area contributed by atoms with Gasteiger partial charge in [-0.15, -0.1) is 0 Å². The highest BCUT2D eigenvalue weighted by molar-refractivity contribution is 6.32. The molecule has 3 aromatic carbocycles. The standard InChI is InChI=1S/C22H18ClN3O5/c23-20-3-1-2-4-21(20)31-15-22(27)25-24-13-16-7-11-19(12-8-16)30-14-17-5-9-18(10-6-17)26(28)29/h1-13H,14-15H2,(H,25,27)/b24-13-. The van der Waals surface area contributed by atoms with Crippen molar-refractivity contribution in [3.63, 3.8) is 0 Å². The van der Waals surface area contributed by atoms with Gasteiger partial charge in [-0.1, -0.05) is 23.7 Å². The molecule has 0 heterocycles. The van der Waals surface area contributed by atoms with Crippen molar-refractivity contribution in [1.29, 1.82) is 0 Å². The fraction of sp³-hybridized carbons (Fsp3) is 0.0909. The minimum atomic E-state index is -0.445. The van der Waals surface area contributed by atoms with E-state index in [0.717, 1.165) is 11.1 Å². The molecule has 0 aliphatic rings. The first kappa shape index (κ1) is 21.8. The van der Waals surface area contributed by atoms with Crippen LogP contribution in [0.5, 0.6) is 11.5 Å². The summed E-state index contributed by atoms with van der Waals surface area (Å²) in [5, 5.41) is 15.0. The molecule has 0 fully saturated rings. The number of carbonyl (C=O) groups is 1. The van der Waals surface area contributed by atoms with Gasteiger partial charge in [-0.2, -0.15) is 5.10 Å². The Labute approximate surface area is 183 Å². The lowest BCUT2D eigenvalue weighted by molar-refractivity contribution is -0.384. The molecule has 31 heavy (non-hydrogen) atoms. The van der Waals surface area contributed by atoms with Crippen LogP contribution in [0.3, 0.4) is 0 Å².